The zero-order chi connectivity index (χ0) is 17.3. The highest BCUT2D eigenvalue weighted by Gasteiger charge is 2.26. The Morgan fingerprint density at radius 3 is 2.35 bits per heavy atom. The Kier molecular flexibility index (Phi) is 7.50. The zero-order valence-electron chi connectivity index (χ0n) is 13.5. The minimum Gasteiger partial charge on any atom is -0.497 e. The number of methoxy groups -OCH3 is 1. The van der Waals surface area contributed by atoms with E-state index in [2.05, 4.69) is 10.3 Å². The molecule has 0 bridgehead atoms. The lowest BCUT2D eigenvalue weighted by atomic mass is 10.3. The van der Waals surface area contributed by atoms with Gasteiger partial charge in [0.15, 0.2) is 5.96 Å². The van der Waals surface area contributed by atoms with Gasteiger partial charge in [0.05, 0.1) is 20.1 Å². The molecule has 1 N–H and O–H groups in total. The molecule has 0 aliphatic carbocycles. The van der Waals surface area contributed by atoms with Crippen molar-refractivity contribution < 1.29 is 22.6 Å². The number of benzene rings is 1. The van der Waals surface area contributed by atoms with Gasteiger partial charge < -0.3 is 19.7 Å². The number of likely N-dealkylation sites (N-methyl/N-ethyl adjacent to an activating group) is 1. The second kappa shape index (κ2) is 9.12. The van der Waals surface area contributed by atoms with Gasteiger partial charge in [-0.1, -0.05) is 0 Å². The Labute approximate surface area is 134 Å². The molecule has 1 aromatic rings. The van der Waals surface area contributed by atoms with Crippen LogP contribution in [0.25, 0.3) is 0 Å². The molecule has 0 aliphatic heterocycles. The van der Waals surface area contributed by atoms with Crippen molar-refractivity contribution in [3.8, 4) is 11.5 Å². The lowest BCUT2D eigenvalue weighted by Crippen LogP contribution is -2.42. The summed E-state index contributed by atoms with van der Waals surface area (Å²) in [5.74, 6) is 1.83. The number of ether oxygens (including phenoxy) is 2. The maximum Gasteiger partial charge on any atom is 0.390 e. The third-order valence-electron chi connectivity index (χ3n) is 3.02. The summed E-state index contributed by atoms with van der Waals surface area (Å²) in [6.45, 7) is 0.653. The van der Waals surface area contributed by atoms with Gasteiger partial charge in [0.25, 0.3) is 0 Å². The Bertz CT molecular complexity index is 490. The van der Waals surface area contributed by atoms with Gasteiger partial charge in [0.2, 0.25) is 0 Å². The molecular formula is C15H22F3N3O2. The second-order valence-corrected chi connectivity index (χ2v) is 4.78. The van der Waals surface area contributed by atoms with Crippen molar-refractivity contribution in [3.05, 3.63) is 24.3 Å². The first kappa shape index (κ1) is 18.9. The van der Waals surface area contributed by atoms with E-state index in [-0.39, 0.29) is 6.54 Å². The number of aliphatic imine (C=N–C) groups is 1. The summed E-state index contributed by atoms with van der Waals surface area (Å²) >= 11 is 0. The Balaban J connectivity index is 2.34. The molecule has 0 aromatic heterocycles. The van der Waals surface area contributed by atoms with Crippen LogP contribution in [0.3, 0.4) is 0 Å². The lowest BCUT2D eigenvalue weighted by molar-refractivity contribution is -0.132. The molecule has 0 saturated carbocycles. The maximum atomic E-state index is 12.1. The highest BCUT2D eigenvalue weighted by molar-refractivity contribution is 5.79. The average Bonchev–Trinajstić information content (AvgIpc) is 2.51. The van der Waals surface area contributed by atoms with Crippen molar-refractivity contribution in [2.24, 2.45) is 4.99 Å². The third-order valence-corrected chi connectivity index (χ3v) is 3.02. The van der Waals surface area contributed by atoms with Crippen LogP contribution in [-0.4, -0.2) is 57.9 Å². The van der Waals surface area contributed by atoms with Crippen molar-refractivity contribution in [3.63, 3.8) is 0 Å². The average molecular weight is 333 g/mol. The largest absolute Gasteiger partial charge is 0.497 e. The molecule has 130 valence electrons. The van der Waals surface area contributed by atoms with Crippen LogP contribution in [-0.2, 0) is 0 Å². The topological polar surface area (TPSA) is 46.1 Å². The second-order valence-electron chi connectivity index (χ2n) is 4.78. The van der Waals surface area contributed by atoms with Crippen LogP contribution >= 0.6 is 0 Å². The van der Waals surface area contributed by atoms with E-state index in [0.717, 1.165) is 5.75 Å². The fourth-order valence-electron chi connectivity index (χ4n) is 1.78. The SMILES string of the molecule is CN=C(NCCC(F)(F)F)N(C)CCOc1ccc(OC)cc1. The number of rotatable bonds is 7. The molecule has 0 saturated heterocycles. The van der Waals surface area contributed by atoms with Crippen molar-refractivity contribution >= 4 is 5.96 Å². The van der Waals surface area contributed by atoms with Crippen molar-refractivity contribution in [2.45, 2.75) is 12.6 Å². The zero-order valence-corrected chi connectivity index (χ0v) is 13.5. The first-order valence-electron chi connectivity index (χ1n) is 7.11. The molecule has 5 nitrogen and oxygen atoms in total. The summed E-state index contributed by atoms with van der Waals surface area (Å²) in [7, 11) is 4.85. The first-order chi connectivity index (χ1) is 10.9. The fourth-order valence-corrected chi connectivity index (χ4v) is 1.78. The molecule has 0 aliphatic rings. The minimum atomic E-state index is -4.18. The smallest absolute Gasteiger partial charge is 0.390 e. The predicted octanol–water partition coefficient (Wildman–Crippen LogP) is 2.53. The van der Waals surface area contributed by atoms with E-state index in [4.69, 9.17) is 9.47 Å². The number of hydrogen-bond acceptors (Lipinski definition) is 3. The van der Waals surface area contributed by atoms with Crippen LogP contribution in [0.1, 0.15) is 6.42 Å². The summed E-state index contributed by atoms with van der Waals surface area (Å²) in [5, 5.41) is 2.67. The van der Waals surface area contributed by atoms with Gasteiger partial charge in [-0.3, -0.25) is 4.99 Å². The Hall–Kier alpha value is -2.12. The van der Waals surface area contributed by atoms with Gasteiger partial charge in [0.1, 0.15) is 18.1 Å². The van der Waals surface area contributed by atoms with Gasteiger partial charge in [-0.25, -0.2) is 0 Å². The number of hydrogen-bond donors (Lipinski definition) is 1. The van der Waals surface area contributed by atoms with E-state index >= 15 is 0 Å². The van der Waals surface area contributed by atoms with E-state index in [1.54, 1.807) is 43.3 Å². The molecule has 1 aromatic carbocycles. The third kappa shape index (κ3) is 7.62. The standard InChI is InChI=1S/C15H22F3N3O2/c1-19-14(20-9-8-15(16,17)18)21(2)10-11-23-13-6-4-12(22-3)5-7-13/h4-7H,8-11H2,1-3H3,(H,19,20). The van der Waals surface area contributed by atoms with E-state index in [0.29, 0.717) is 24.9 Å². The summed E-state index contributed by atoms with van der Waals surface area (Å²) in [5.41, 5.74) is 0. The van der Waals surface area contributed by atoms with E-state index in [1.165, 1.54) is 7.05 Å². The number of guanidine groups is 1. The lowest BCUT2D eigenvalue weighted by Gasteiger charge is -2.22. The van der Waals surface area contributed by atoms with Gasteiger partial charge in [-0.05, 0) is 24.3 Å². The van der Waals surface area contributed by atoms with E-state index in [1.807, 2.05) is 0 Å². The first-order valence-corrected chi connectivity index (χ1v) is 7.11. The Morgan fingerprint density at radius 2 is 1.83 bits per heavy atom. The van der Waals surface area contributed by atoms with Crippen molar-refractivity contribution in [2.75, 3.05) is 40.9 Å². The van der Waals surface area contributed by atoms with Gasteiger partial charge >= 0.3 is 6.18 Å². The fraction of sp³-hybridized carbons (Fsp3) is 0.533. The van der Waals surface area contributed by atoms with Crippen LogP contribution in [0.5, 0.6) is 11.5 Å². The minimum absolute atomic E-state index is 0.208. The summed E-state index contributed by atoms with van der Waals surface area (Å²) < 4.78 is 47.0. The van der Waals surface area contributed by atoms with Crippen LogP contribution < -0.4 is 14.8 Å². The quantitative estimate of drug-likeness (QED) is 0.615. The number of nitrogens with one attached hydrogen (secondary N) is 1. The van der Waals surface area contributed by atoms with Crippen LogP contribution in [0, 0.1) is 0 Å². The van der Waals surface area contributed by atoms with Crippen molar-refractivity contribution in [1.82, 2.24) is 10.2 Å². The molecule has 0 atom stereocenters. The summed E-state index contributed by atoms with van der Waals surface area (Å²) in [6, 6.07) is 7.15. The molecule has 0 spiro atoms. The predicted molar refractivity (Wildman–Crippen MR) is 83.2 cm³/mol. The Morgan fingerprint density at radius 1 is 1.22 bits per heavy atom. The molecule has 0 fully saturated rings. The molecule has 0 heterocycles. The van der Waals surface area contributed by atoms with E-state index < -0.39 is 12.6 Å². The van der Waals surface area contributed by atoms with Crippen LogP contribution in [0.4, 0.5) is 13.2 Å². The molecule has 0 radical (unpaired) electrons. The van der Waals surface area contributed by atoms with Gasteiger partial charge in [0, 0.05) is 20.6 Å². The van der Waals surface area contributed by atoms with E-state index in [9.17, 15) is 13.2 Å². The maximum absolute atomic E-state index is 12.1. The van der Waals surface area contributed by atoms with Gasteiger partial charge in [-0.2, -0.15) is 13.2 Å². The monoisotopic (exact) mass is 333 g/mol. The van der Waals surface area contributed by atoms with Crippen molar-refractivity contribution in [1.29, 1.82) is 0 Å². The highest BCUT2D eigenvalue weighted by Crippen LogP contribution is 2.18. The number of alkyl halides is 3. The van der Waals surface area contributed by atoms with Crippen LogP contribution in [0.15, 0.2) is 29.3 Å². The number of nitrogens with zero attached hydrogens (tertiary/aromatic N) is 2. The normalized spacial score (nSPS) is 12.0. The summed E-state index contributed by atoms with van der Waals surface area (Å²) in [4.78, 5) is 5.66. The molecular weight excluding hydrogens is 311 g/mol. The van der Waals surface area contributed by atoms with Gasteiger partial charge in [-0.15, -0.1) is 0 Å². The molecule has 23 heavy (non-hydrogen) atoms. The molecule has 0 unspecified atom stereocenters. The van der Waals surface area contributed by atoms with Crippen LogP contribution in [0.2, 0.25) is 0 Å². The molecule has 0 amide bonds. The number of halogens is 3. The highest BCUT2D eigenvalue weighted by atomic mass is 19.4. The summed E-state index contributed by atoms with van der Waals surface area (Å²) in [6.07, 6.45) is -5.08. The molecule has 1 rings (SSSR count). The molecule has 8 heteroatoms.